The van der Waals surface area contributed by atoms with Crippen molar-refractivity contribution in [3.8, 4) is 0 Å². The average Bonchev–Trinajstić information content (AvgIpc) is 2.36. The summed E-state index contributed by atoms with van der Waals surface area (Å²) in [5.41, 5.74) is -5.62. The van der Waals surface area contributed by atoms with Gasteiger partial charge in [0.1, 0.15) is 18.4 Å². The molecule has 24 heavy (non-hydrogen) atoms. The van der Waals surface area contributed by atoms with Crippen LogP contribution in [-0.4, -0.2) is 53.8 Å². The molecule has 5 nitrogen and oxygen atoms in total. The van der Waals surface area contributed by atoms with E-state index in [4.69, 9.17) is 9.16 Å². The number of ether oxygens (including phenoxy) is 1. The second-order valence-electron chi connectivity index (χ2n) is 7.25. The summed E-state index contributed by atoms with van der Waals surface area (Å²) < 4.78 is 88.9. The van der Waals surface area contributed by atoms with Crippen molar-refractivity contribution in [2.45, 2.75) is 69.2 Å². The van der Waals surface area contributed by atoms with E-state index in [-0.39, 0.29) is 24.7 Å². The van der Waals surface area contributed by atoms with E-state index in [0.29, 0.717) is 0 Å². The van der Waals surface area contributed by atoms with Crippen molar-refractivity contribution in [1.29, 1.82) is 0 Å². The minimum Gasteiger partial charge on any atom is -0.414 e. The summed E-state index contributed by atoms with van der Waals surface area (Å²) >= 11 is 0. The Balaban J connectivity index is 2.88. The summed E-state index contributed by atoms with van der Waals surface area (Å²) in [5.74, 6) is 0. The Labute approximate surface area is 140 Å². The van der Waals surface area contributed by atoms with E-state index in [1.807, 2.05) is 33.9 Å². The molecule has 1 saturated heterocycles. The molecule has 0 unspecified atom stereocenters. The normalized spacial score (nSPS) is 27.3. The van der Waals surface area contributed by atoms with Crippen LogP contribution in [0.25, 0.3) is 0 Å². The predicted octanol–water partition coefficient (Wildman–Crippen LogP) is 3.37. The van der Waals surface area contributed by atoms with Crippen molar-refractivity contribution in [3.63, 3.8) is 0 Å². The number of halogens is 4. The van der Waals surface area contributed by atoms with E-state index in [1.165, 1.54) is 0 Å². The summed E-state index contributed by atoms with van der Waals surface area (Å²) in [7, 11) is -8.18. The highest BCUT2D eigenvalue weighted by Crippen LogP contribution is 2.37. The third-order valence-electron chi connectivity index (χ3n) is 4.38. The molecule has 0 aromatic carbocycles. The lowest BCUT2D eigenvalue weighted by Gasteiger charge is -2.39. The van der Waals surface area contributed by atoms with Crippen LogP contribution in [0.5, 0.6) is 0 Å². The van der Waals surface area contributed by atoms with Crippen molar-refractivity contribution in [3.05, 3.63) is 0 Å². The second kappa shape index (κ2) is 7.18. The fraction of sp³-hybridized carbons (Fsp3) is 1.00. The molecular formula is C13H24F4O5SSi. The number of alkyl halides is 4. The second-order valence-corrected chi connectivity index (χ2v) is 13.6. The number of hydrogen-bond donors (Lipinski definition) is 0. The van der Waals surface area contributed by atoms with E-state index in [1.54, 1.807) is 0 Å². The zero-order chi connectivity index (χ0) is 19.0. The molecule has 0 amide bonds. The SMILES string of the molecule is CC(C)(C)[Si](C)(C)OC[C@H]1OCC[C@@H](F)[C@@H]1OS(=O)(=O)C(F)(F)F. The van der Waals surface area contributed by atoms with Gasteiger partial charge in [0, 0.05) is 6.42 Å². The molecule has 0 spiro atoms. The van der Waals surface area contributed by atoms with E-state index in [9.17, 15) is 26.0 Å². The van der Waals surface area contributed by atoms with Crippen molar-refractivity contribution in [1.82, 2.24) is 0 Å². The van der Waals surface area contributed by atoms with Crippen molar-refractivity contribution < 1.29 is 39.3 Å². The molecule has 1 heterocycles. The molecule has 0 aromatic rings. The van der Waals surface area contributed by atoms with Gasteiger partial charge < -0.3 is 9.16 Å². The van der Waals surface area contributed by atoms with Crippen LogP contribution in [0.2, 0.25) is 18.1 Å². The topological polar surface area (TPSA) is 61.8 Å². The highest BCUT2D eigenvalue weighted by atomic mass is 32.2. The summed E-state index contributed by atoms with van der Waals surface area (Å²) in [4.78, 5) is 0. The van der Waals surface area contributed by atoms with Crippen LogP contribution in [0, 0.1) is 0 Å². The largest absolute Gasteiger partial charge is 0.523 e. The quantitative estimate of drug-likeness (QED) is 0.309. The predicted molar refractivity (Wildman–Crippen MR) is 82.2 cm³/mol. The van der Waals surface area contributed by atoms with Crippen LogP contribution in [-0.2, 0) is 23.5 Å². The standard InChI is InChI=1S/C13H24F4O5SSi/c1-12(2,3)24(4,5)21-8-10-11(9(14)6-7-20-10)22-23(18,19)13(15,16)17/h9-11H,6-8H2,1-5H3/t9-,10-,11+/m1/s1. The maximum Gasteiger partial charge on any atom is 0.523 e. The van der Waals surface area contributed by atoms with E-state index in [0.717, 1.165) is 0 Å². The highest BCUT2D eigenvalue weighted by molar-refractivity contribution is 7.87. The molecule has 144 valence electrons. The third kappa shape index (κ3) is 5.13. The minimum atomic E-state index is -5.91. The van der Waals surface area contributed by atoms with Gasteiger partial charge >= 0.3 is 15.6 Å². The summed E-state index contributed by atoms with van der Waals surface area (Å²) in [6.07, 6.45) is -5.23. The van der Waals surface area contributed by atoms with Gasteiger partial charge in [0.05, 0.1) is 13.2 Å². The first kappa shape index (κ1) is 21.8. The molecule has 0 aliphatic carbocycles. The van der Waals surface area contributed by atoms with Gasteiger partial charge in [-0.15, -0.1) is 0 Å². The molecule has 0 radical (unpaired) electrons. The third-order valence-corrected chi connectivity index (χ3v) is 9.93. The van der Waals surface area contributed by atoms with Gasteiger partial charge in [-0.05, 0) is 18.1 Å². The van der Waals surface area contributed by atoms with Gasteiger partial charge in [0.2, 0.25) is 0 Å². The average molecular weight is 396 g/mol. The van der Waals surface area contributed by atoms with Gasteiger partial charge in [0.25, 0.3) is 0 Å². The number of rotatable bonds is 5. The Kier molecular flexibility index (Phi) is 6.52. The van der Waals surface area contributed by atoms with Crippen LogP contribution in [0.3, 0.4) is 0 Å². The Hall–Kier alpha value is -0.233. The summed E-state index contributed by atoms with van der Waals surface area (Å²) in [6.45, 7) is 9.42. The van der Waals surface area contributed by atoms with Crippen LogP contribution in [0.1, 0.15) is 27.2 Å². The molecule has 1 fully saturated rings. The van der Waals surface area contributed by atoms with Crippen molar-refractivity contribution >= 4 is 18.4 Å². The Morgan fingerprint density at radius 3 is 2.21 bits per heavy atom. The minimum absolute atomic E-state index is 0.0430. The van der Waals surface area contributed by atoms with E-state index >= 15 is 0 Å². The summed E-state index contributed by atoms with van der Waals surface area (Å²) in [6, 6.07) is 0. The fourth-order valence-corrected chi connectivity index (χ4v) is 3.46. The summed E-state index contributed by atoms with van der Waals surface area (Å²) in [5, 5.41) is -0.175. The molecular weight excluding hydrogens is 372 g/mol. The number of hydrogen-bond acceptors (Lipinski definition) is 5. The first-order valence-corrected chi connectivity index (χ1v) is 11.8. The fourth-order valence-electron chi connectivity index (χ4n) is 1.80. The first-order valence-electron chi connectivity index (χ1n) is 7.48. The van der Waals surface area contributed by atoms with Gasteiger partial charge in [-0.25, -0.2) is 4.39 Å². The first-order chi connectivity index (χ1) is 10.6. The van der Waals surface area contributed by atoms with Gasteiger partial charge in [-0.1, -0.05) is 20.8 Å². The molecule has 0 aromatic heterocycles. The molecule has 3 atom stereocenters. The smallest absolute Gasteiger partial charge is 0.414 e. The van der Waals surface area contributed by atoms with E-state index < -0.39 is 42.3 Å². The van der Waals surface area contributed by atoms with Crippen LogP contribution in [0.15, 0.2) is 0 Å². The lowest BCUT2D eigenvalue weighted by atomic mass is 10.0. The van der Waals surface area contributed by atoms with Crippen LogP contribution < -0.4 is 0 Å². The maximum atomic E-state index is 14.0. The lowest BCUT2D eigenvalue weighted by Crippen LogP contribution is -2.51. The Morgan fingerprint density at radius 1 is 1.21 bits per heavy atom. The van der Waals surface area contributed by atoms with Crippen molar-refractivity contribution in [2.24, 2.45) is 0 Å². The van der Waals surface area contributed by atoms with Crippen LogP contribution >= 0.6 is 0 Å². The highest BCUT2D eigenvalue weighted by Gasteiger charge is 2.52. The molecule has 11 heteroatoms. The molecule has 1 aliphatic heterocycles. The lowest BCUT2D eigenvalue weighted by molar-refractivity contribution is -0.123. The van der Waals surface area contributed by atoms with Crippen molar-refractivity contribution in [2.75, 3.05) is 13.2 Å². The zero-order valence-corrected chi connectivity index (χ0v) is 16.1. The van der Waals surface area contributed by atoms with Crippen LogP contribution in [0.4, 0.5) is 17.6 Å². The van der Waals surface area contributed by atoms with Gasteiger partial charge in [-0.3, -0.25) is 4.18 Å². The molecule has 1 aliphatic rings. The maximum absolute atomic E-state index is 14.0. The Bertz CT molecular complexity index is 529. The monoisotopic (exact) mass is 396 g/mol. The molecule has 1 rings (SSSR count). The Morgan fingerprint density at radius 2 is 1.75 bits per heavy atom. The molecule has 0 bridgehead atoms. The van der Waals surface area contributed by atoms with Gasteiger partial charge in [0.15, 0.2) is 8.32 Å². The zero-order valence-electron chi connectivity index (χ0n) is 14.3. The molecule has 0 saturated carbocycles. The molecule has 0 N–H and O–H groups in total. The van der Waals surface area contributed by atoms with E-state index in [2.05, 4.69) is 4.18 Å². The van der Waals surface area contributed by atoms with Gasteiger partial charge in [-0.2, -0.15) is 21.6 Å².